The molecule has 0 aliphatic carbocycles. The van der Waals surface area contributed by atoms with E-state index in [1.165, 1.54) is 35.7 Å². The number of carbonyl (C=O) groups excluding carboxylic acids is 1. The van der Waals surface area contributed by atoms with Crippen LogP contribution in [-0.2, 0) is 16.0 Å². The Balaban J connectivity index is 0.000000460. The number of nitro benzene ring substituents is 1. The molecule has 1 amide bonds. The lowest BCUT2D eigenvalue weighted by Crippen LogP contribution is -2.18. The minimum atomic E-state index is -1.07. The van der Waals surface area contributed by atoms with Gasteiger partial charge >= 0.3 is 5.97 Å². The number of benzene rings is 1. The molecule has 1 aromatic rings. The number of hydrogen-bond donors (Lipinski definition) is 4. The van der Waals surface area contributed by atoms with Gasteiger partial charge in [0.15, 0.2) is 0 Å². The molecule has 0 bridgehead atoms. The highest BCUT2D eigenvalue weighted by Gasteiger charge is 2.23. The van der Waals surface area contributed by atoms with E-state index in [1.54, 1.807) is 12.1 Å². The third kappa shape index (κ3) is 9.43. The molecule has 9 nitrogen and oxygen atoms in total. The number of rotatable bonds is 6. The van der Waals surface area contributed by atoms with Gasteiger partial charge in [0, 0.05) is 37.4 Å². The van der Waals surface area contributed by atoms with Crippen molar-refractivity contribution < 1.29 is 29.8 Å². The van der Waals surface area contributed by atoms with Crippen molar-refractivity contribution in [2.75, 3.05) is 25.2 Å². The van der Waals surface area contributed by atoms with E-state index in [0.29, 0.717) is 12.2 Å². The number of aliphatic hydroxyl groups is 2. The Labute approximate surface area is 164 Å². The zero-order chi connectivity index (χ0) is 20.8. The fourth-order valence-corrected chi connectivity index (χ4v) is 3.97. The number of nitrogens with two attached hydrogens (primary N) is 1. The summed E-state index contributed by atoms with van der Waals surface area (Å²) >= 11 is 2.38. The summed E-state index contributed by atoms with van der Waals surface area (Å²) in [5.74, 6) is -0.270. The topological polar surface area (TPSA) is 164 Å². The predicted octanol–water partition coefficient (Wildman–Crippen LogP) is 1.38. The van der Waals surface area contributed by atoms with Gasteiger partial charge in [-0.25, -0.2) is 4.79 Å². The summed E-state index contributed by atoms with van der Waals surface area (Å²) in [5.41, 5.74) is 6.12. The van der Waals surface area contributed by atoms with Crippen LogP contribution in [0.4, 0.5) is 5.69 Å². The number of carboxylic acid groups (broad SMARTS) is 1. The summed E-state index contributed by atoms with van der Waals surface area (Å²) in [6.45, 7) is 0.150. The standard InChI is InChI=1S/C9H11NO3.C6H7NO3S2.CH4O/c11-7-1-2-8-3-5-9(6-4-8)10(12)13;7-5(8)3-4(6(9)10)12-2-1-11-3;1-2/h3-6,11H,1-2,7H2;1-2H2,(H2,7,8)(H,9,10);2H,1H3. The van der Waals surface area contributed by atoms with Gasteiger partial charge in [-0.2, -0.15) is 0 Å². The molecule has 0 saturated carbocycles. The van der Waals surface area contributed by atoms with Crippen molar-refractivity contribution in [1.29, 1.82) is 0 Å². The number of amides is 1. The normalized spacial score (nSPS) is 12.9. The van der Waals surface area contributed by atoms with E-state index < -0.39 is 16.8 Å². The molecule has 1 aromatic carbocycles. The van der Waals surface area contributed by atoms with Gasteiger partial charge in [-0.05, 0) is 18.4 Å². The molecule has 0 saturated heterocycles. The van der Waals surface area contributed by atoms with E-state index in [0.717, 1.165) is 24.8 Å². The highest BCUT2D eigenvalue weighted by atomic mass is 32.2. The van der Waals surface area contributed by atoms with Gasteiger partial charge in [0.25, 0.3) is 11.6 Å². The van der Waals surface area contributed by atoms with Crippen molar-refractivity contribution in [1.82, 2.24) is 0 Å². The number of hydrogen-bond acceptors (Lipinski definition) is 8. The fraction of sp³-hybridized carbons (Fsp3) is 0.375. The van der Waals surface area contributed by atoms with Crippen LogP contribution >= 0.6 is 23.5 Å². The number of aliphatic hydroxyl groups excluding tert-OH is 2. The molecule has 5 N–H and O–H groups in total. The van der Waals surface area contributed by atoms with Crippen LogP contribution in [0.1, 0.15) is 12.0 Å². The number of non-ortho nitro benzene ring substituents is 1. The van der Waals surface area contributed by atoms with Crippen LogP contribution < -0.4 is 5.73 Å². The summed E-state index contributed by atoms with van der Waals surface area (Å²) in [4.78, 5) is 31.4. The molecule has 27 heavy (non-hydrogen) atoms. The summed E-state index contributed by atoms with van der Waals surface area (Å²) in [7, 11) is 1.00. The first kappa shape index (κ1) is 24.9. The van der Waals surface area contributed by atoms with E-state index in [2.05, 4.69) is 0 Å². The largest absolute Gasteiger partial charge is 0.477 e. The van der Waals surface area contributed by atoms with E-state index in [4.69, 9.17) is 21.1 Å². The van der Waals surface area contributed by atoms with Gasteiger partial charge in [-0.15, -0.1) is 23.5 Å². The van der Waals surface area contributed by atoms with Crippen LogP contribution in [0, 0.1) is 10.1 Å². The number of nitro groups is 1. The van der Waals surface area contributed by atoms with Gasteiger partial charge in [-0.3, -0.25) is 14.9 Å². The quantitative estimate of drug-likeness (QED) is 0.394. The third-order valence-electron chi connectivity index (χ3n) is 2.97. The van der Waals surface area contributed by atoms with Crippen LogP contribution in [0.2, 0.25) is 0 Å². The molecule has 150 valence electrons. The fourth-order valence-electron chi connectivity index (χ4n) is 1.83. The van der Waals surface area contributed by atoms with E-state index in [9.17, 15) is 19.7 Å². The summed E-state index contributed by atoms with van der Waals surface area (Å²) in [6, 6.07) is 6.39. The summed E-state index contributed by atoms with van der Waals surface area (Å²) < 4.78 is 0. The maximum Gasteiger partial charge on any atom is 0.343 e. The lowest BCUT2D eigenvalue weighted by atomic mass is 10.1. The number of primary amides is 1. The highest BCUT2D eigenvalue weighted by Crippen LogP contribution is 2.33. The summed E-state index contributed by atoms with van der Waals surface area (Å²) in [6.07, 6.45) is 1.45. The van der Waals surface area contributed by atoms with Crippen LogP contribution in [0.15, 0.2) is 34.1 Å². The van der Waals surface area contributed by atoms with Crippen molar-refractivity contribution in [3.05, 3.63) is 49.8 Å². The van der Waals surface area contributed by atoms with Crippen molar-refractivity contribution in [3.63, 3.8) is 0 Å². The van der Waals surface area contributed by atoms with Gasteiger partial charge < -0.3 is 21.1 Å². The number of aliphatic carboxylic acids is 1. The molecule has 11 heteroatoms. The van der Waals surface area contributed by atoms with Crippen LogP contribution in [0.5, 0.6) is 0 Å². The molecular weight excluding hydrogens is 396 g/mol. The lowest BCUT2D eigenvalue weighted by Gasteiger charge is -2.13. The molecule has 0 aromatic heterocycles. The molecule has 1 aliphatic rings. The second kappa shape index (κ2) is 14.0. The predicted molar refractivity (Wildman–Crippen MR) is 105 cm³/mol. The molecule has 0 atom stereocenters. The van der Waals surface area contributed by atoms with Gasteiger partial charge in [0.2, 0.25) is 0 Å². The monoisotopic (exact) mass is 418 g/mol. The second-order valence-electron chi connectivity index (χ2n) is 4.78. The third-order valence-corrected chi connectivity index (χ3v) is 5.54. The zero-order valence-electron chi connectivity index (χ0n) is 14.7. The van der Waals surface area contributed by atoms with Crippen LogP contribution in [0.25, 0.3) is 0 Å². The minimum Gasteiger partial charge on any atom is -0.477 e. The Morgan fingerprint density at radius 2 is 1.67 bits per heavy atom. The highest BCUT2D eigenvalue weighted by molar-refractivity contribution is 8.11. The number of nitrogens with zero attached hydrogens (tertiary/aromatic N) is 1. The average molecular weight is 418 g/mol. The first-order chi connectivity index (χ1) is 12.9. The number of carboxylic acids is 1. The molecule has 0 fully saturated rings. The Hall–Kier alpha value is -2.08. The van der Waals surface area contributed by atoms with Crippen molar-refractivity contribution >= 4 is 41.1 Å². The maximum atomic E-state index is 10.7. The molecular formula is C16H22N2O7S2. The van der Waals surface area contributed by atoms with Crippen LogP contribution in [0.3, 0.4) is 0 Å². The second-order valence-corrected chi connectivity index (χ2v) is 6.99. The Kier molecular flexibility index (Phi) is 13.0. The molecule has 0 unspecified atom stereocenters. The number of aryl methyl sites for hydroxylation is 1. The molecule has 1 aliphatic heterocycles. The minimum absolute atomic E-state index is 0.0822. The molecule has 0 radical (unpaired) electrons. The smallest absolute Gasteiger partial charge is 0.343 e. The molecule has 2 rings (SSSR count). The van der Waals surface area contributed by atoms with E-state index in [-0.39, 0.29) is 22.1 Å². The van der Waals surface area contributed by atoms with Gasteiger partial charge in [0.1, 0.15) is 4.91 Å². The number of carbonyl (C=O) groups is 2. The first-order valence-electron chi connectivity index (χ1n) is 7.68. The SMILES string of the molecule is CO.NC(=O)C1=C(C(=O)O)SCCS1.O=[N+]([O-])c1ccc(CCCO)cc1. The first-order valence-corrected chi connectivity index (χ1v) is 9.65. The van der Waals surface area contributed by atoms with Gasteiger partial charge in [-0.1, -0.05) is 12.1 Å². The van der Waals surface area contributed by atoms with E-state index >= 15 is 0 Å². The average Bonchev–Trinajstić information content (AvgIpc) is 2.68. The van der Waals surface area contributed by atoms with Gasteiger partial charge in [0.05, 0.1) is 9.83 Å². The lowest BCUT2D eigenvalue weighted by molar-refractivity contribution is -0.384. The molecule has 1 heterocycles. The Morgan fingerprint density at radius 3 is 2.04 bits per heavy atom. The molecule has 0 spiro atoms. The maximum absolute atomic E-state index is 10.7. The Morgan fingerprint density at radius 1 is 1.15 bits per heavy atom. The summed E-state index contributed by atoms with van der Waals surface area (Å²) in [5, 5.41) is 34.5. The van der Waals surface area contributed by atoms with Crippen LogP contribution in [-0.4, -0.2) is 57.3 Å². The Bertz CT molecular complexity index is 637. The van der Waals surface area contributed by atoms with Crippen molar-refractivity contribution in [2.45, 2.75) is 12.8 Å². The van der Waals surface area contributed by atoms with Crippen molar-refractivity contribution in [3.8, 4) is 0 Å². The van der Waals surface area contributed by atoms with Crippen molar-refractivity contribution in [2.24, 2.45) is 5.73 Å². The number of thioether (sulfide) groups is 2. The zero-order valence-corrected chi connectivity index (χ0v) is 16.3. The van der Waals surface area contributed by atoms with E-state index in [1.807, 2.05) is 0 Å².